The molecule has 1 aromatic heterocycles. The van der Waals surface area contributed by atoms with Crippen LogP contribution in [0.3, 0.4) is 0 Å². The van der Waals surface area contributed by atoms with E-state index < -0.39 is 0 Å². The number of aromatic amines is 1. The zero-order valence-electron chi connectivity index (χ0n) is 12.4. The quantitative estimate of drug-likeness (QED) is 0.867. The summed E-state index contributed by atoms with van der Waals surface area (Å²) in [6.07, 6.45) is 2.34. The van der Waals surface area contributed by atoms with E-state index in [1.54, 1.807) is 0 Å². The van der Waals surface area contributed by atoms with Crippen molar-refractivity contribution in [1.29, 1.82) is 0 Å². The van der Waals surface area contributed by atoms with Crippen LogP contribution in [0.4, 0.5) is 5.95 Å². The normalized spacial score (nSPS) is 16.1. The molecule has 0 radical (unpaired) electrons. The lowest BCUT2D eigenvalue weighted by Crippen LogP contribution is -2.24. The number of hydrogen-bond donors (Lipinski definition) is 1. The standard InChI is InChI=1S/C16H21N3O/c1-16(2,3)11-6-7-13-12(10-11)14(20)18-15(17-13)19-8-4-5-9-19/h6-7,10H,4-5,8-9H2,1-3H3,(H,17,18,20). The minimum atomic E-state index is -0.0389. The van der Waals surface area contributed by atoms with Crippen molar-refractivity contribution in [3.63, 3.8) is 0 Å². The summed E-state index contributed by atoms with van der Waals surface area (Å²) >= 11 is 0. The van der Waals surface area contributed by atoms with E-state index in [2.05, 4.69) is 41.7 Å². The first-order valence-electron chi connectivity index (χ1n) is 7.25. The third kappa shape index (κ3) is 2.30. The van der Waals surface area contributed by atoms with E-state index in [1.807, 2.05) is 12.1 Å². The smallest absolute Gasteiger partial charge is 0.260 e. The van der Waals surface area contributed by atoms with Crippen molar-refractivity contribution in [3.8, 4) is 0 Å². The molecular weight excluding hydrogens is 250 g/mol. The summed E-state index contributed by atoms with van der Waals surface area (Å²) in [6.45, 7) is 8.40. The molecular formula is C16H21N3O. The third-order valence-corrected chi connectivity index (χ3v) is 3.96. The highest BCUT2D eigenvalue weighted by Crippen LogP contribution is 2.25. The van der Waals surface area contributed by atoms with Crippen LogP contribution in [-0.4, -0.2) is 23.1 Å². The molecule has 3 rings (SSSR count). The Kier molecular flexibility index (Phi) is 3.04. The number of nitrogens with zero attached hydrogens (tertiary/aromatic N) is 2. The van der Waals surface area contributed by atoms with Crippen molar-refractivity contribution < 1.29 is 0 Å². The van der Waals surface area contributed by atoms with Gasteiger partial charge >= 0.3 is 0 Å². The first kappa shape index (κ1) is 13.2. The molecule has 0 bridgehead atoms. The third-order valence-electron chi connectivity index (χ3n) is 3.96. The van der Waals surface area contributed by atoms with E-state index in [1.165, 1.54) is 12.8 Å². The number of fused-ring (bicyclic) bond motifs is 1. The van der Waals surface area contributed by atoms with Gasteiger partial charge in [0.2, 0.25) is 5.95 Å². The van der Waals surface area contributed by atoms with Gasteiger partial charge in [0.25, 0.3) is 5.56 Å². The van der Waals surface area contributed by atoms with Crippen LogP contribution in [0.5, 0.6) is 0 Å². The summed E-state index contributed by atoms with van der Waals surface area (Å²) in [5.41, 5.74) is 1.94. The average Bonchev–Trinajstić information content (AvgIpc) is 2.91. The van der Waals surface area contributed by atoms with E-state index in [4.69, 9.17) is 0 Å². The summed E-state index contributed by atoms with van der Waals surface area (Å²) in [5.74, 6) is 0.712. The fourth-order valence-corrected chi connectivity index (χ4v) is 2.67. The maximum atomic E-state index is 12.3. The van der Waals surface area contributed by atoms with Gasteiger partial charge in [0.05, 0.1) is 10.9 Å². The maximum absolute atomic E-state index is 12.3. The molecule has 0 amide bonds. The van der Waals surface area contributed by atoms with Gasteiger partial charge in [-0.2, -0.15) is 0 Å². The highest BCUT2D eigenvalue weighted by molar-refractivity contribution is 5.79. The molecule has 1 aromatic carbocycles. The first-order valence-corrected chi connectivity index (χ1v) is 7.25. The van der Waals surface area contributed by atoms with E-state index in [0.717, 1.165) is 24.2 Å². The molecule has 1 fully saturated rings. The van der Waals surface area contributed by atoms with Gasteiger partial charge < -0.3 is 4.90 Å². The summed E-state index contributed by atoms with van der Waals surface area (Å²) in [6, 6.07) is 6.00. The molecule has 0 saturated carbocycles. The number of rotatable bonds is 1. The zero-order chi connectivity index (χ0) is 14.3. The number of benzene rings is 1. The fourth-order valence-electron chi connectivity index (χ4n) is 2.67. The van der Waals surface area contributed by atoms with E-state index in [-0.39, 0.29) is 11.0 Å². The lowest BCUT2D eigenvalue weighted by molar-refractivity contribution is 0.591. The van der Waals surface area contributed by atoms with Crippen molar-refractivity contribution in [1.82, 2.24) is 9.97 Å². The molecule has 0 unspecified atom stereocenters. The van der Waals surface area contributed by atoms with Crippen LogP contribution in [0.25, 0.3) is 10.9 Å². The van der Waals surface area contributed by atoms with Crippen LogP contribution in [0.15, 0.2) is 23.0 Å². The summed E-state index contributed by atoms with van der Waals surface area (Å²) in [5, 5.41) is 0.681. The average molecular weight is 271 g/mol. The van der Waals surface area contributed by atoms with Gasteiger partial charge in [0.15, 0.2) is 0 Å². The van der Waals surface area contributed by atoms with Gasteiger partial charge in [-0.15, -0.1) is 0 Å². The topological polar surface area (TPSA) is 49.0 Å². The molecule has 2 aromatic rings. The van der Waals surface area contributed by atoms with Crippen LogP contribution in [0.1, 0.15) is 39.2 Å². The second kappa shape index (κ2) is 4.62. The number of H-pyrrole nitrogens is 1. The van der Waals surface area contributed by atoms with E-state index >= 15 is 0 Å². The van der Waals surface area contributed by atoms with E-state index in [9.17, 15) is 4.79 Å². The second-order valence-corrected chi connectivity index (χ2v) is 6.57. The molecule has 0 aliphatic carbocycles. The van der Waals surface area contributed by atoms with Crippen molar-refractivity contribution in [2.24, 2.45) is 0 Å². The van der Waals surface area contributed by atoms with Crippen LogP contribution < -0.4 is 10.5 Å². The second-order valence-electron chi connectivity index (χ2n) is 6.57. The van der Waals surface area contributed by atoms with Crippen molar-refractivity contribution in [2.45, 2.75) is 39.0 Å². The molecule has 1 saturated heterocycles. The largest absolute Gasteiger partial charge is 0.342 e. The minimum Gasteiger partial charge on any atom is -0.342 e. The lowest BCUT2D eigenvalue weighted by atomic mass is 9.86. The Balaban J connectivity index is 2.12. The highest BCUT2D eigenvalue weighted by atomic mass is 16.1. The maximum Gasteiger partial charge on any atom is 0.260 e. The van der Waals surface area contributed by atoms with Crippen LogP contribution in [0, 0.1) is 0 Å². The van der Waals surface area contributed by atoms with Gasteiger partial charge in [-0.3, -0.25) is 9.78 Å². The van der Waals surface area contributed by atoms with Gasteiger partial charge in [-0.25, -0.2) is 4.98 Å². The predicted octanol–water partition coefficient (Wildman–Crippen LogP) is 2.82. The van der Waals surface area contributed by atoms with Crippen LogP contribution in [-0.2, 0) is 5.41 Å². The number of aromatic nitrogens is 2. The number of anilines is 1. The van der Waals surface area contributed by atoms with Gasteiger partial charge in [-0.05, 0) is 36.0 Å². The Morgan fingerprint density at radius 1 is 1.20 bits per heavy atom. The Morgan fingerprint density at radius 3 is 2.55 bits per heavy atom. The predicted molar refractivity (Wildman–Crippen MR) is 82.5 cm³/mol. The summed E-state index contributed by atoms with van der Waals surface area (Å²) < 4.78 is 0. The Hall–Kier alpha value is -1.84. The molecule has 1 N–H and O–H groups in total. The zero-order valence-corrected chi connectivity index (χ0v) is 12.4. The molecule has 4 nitrogen and oxygen atoms in total. The molecule has 106 valence electrons. The molecule has 4 heteroatoms. The van der Waals surface area contributed by atoms with Crippen molar-refractivity contribution >= 4 is 16.9 Å². The fraction of sp³-hybridized carbons (Fsp3) is 0.500. The molecule has 1 aliphatic heterocycles. The van der Waals surface area contributed by atoms with Gasteiger partial charge in [0.1, 0.15) is 0 Å². The number of nitrogens with one attached hydrogen (secondary N) is 1. The van der Waals surface area contributed by atoms with Gasteiger partial charge in [0, 0.05) is 13.1 Å². The highest BCUT2D eigenvalue weighted by Gasteiger charge is 2.18. The molecule has 20 heavy (non-hydrogen) atoms. The molecule has 0 atom stereocenters. The Bertz CT molecular complexity index is 691. The molecule has 2 heterocycles. The first-order chi connectivity index (χ1) is 9.45. The van der Waals surface area contributed by atoms with Crippen LogP contribution >= 0.6 is 0 Å². The summed E-state index contributed by atoms with van der Waals surface area (Å²) in [7, 11) is 0. The Morgan fingerprint density at radius 2 is 1.90 bits per heavy atom. The van der Waals surface area contributed by atoms with Crippen LogP contribution in [0.2, 0.25) is 0 Å². The SMILES string of the molecule is CC(C)(C)c1ccc2nc(N3CCCC3)[nH]c(=O)c2c1. The lowest BCUT2D eigenvalue weighted by Gasteiger charge is -2.20. The molecule has 1 aliphatic rings. The monoisotopic (exact) mass is 271 g/mol. The molecule has 0 spiro atoms. The minimum absolute atomic E-state index is 0.0360. The number of hydrogen-bond acceptors (Lipinski definition) is 3. The Labute approximate surface area is 118 Å². The van der Waals surface area contributed by atoms with Gasteiger partial charge in [-0.1, -0.05) is 26.8 Å². The van der Waals surface area contributed by atoms with E-state index in [0.29, 0.717) is 11.3 Å². The van der Waals surface area contributed by atoms with Crippen molar-refractivity contribution in [2.75, 3.05) is 18.0 Å². The summed E-state index contributed by atoms with van der Waals surface area (Å²) in [4.78, 5) is 22.0. The van der Waals surface area contributed by atoms with Crippen molar-refractivity contribution in [3.05, 3.63) is 34.1 Å².